The number of aromatic carboxylic acids is 1. The summed E-state index contributed by atoms with van der Waals surface area (Å²) in [6, 6.07) is 16.4. The van der Waals surface area contributed by atoms with Crippen LogP contribution in [-0.2, 0) is 19.6 Å². The van der Waals surface area contributed by atoms with Crippen molar-refractivity contribution in [2.45, 2.75) is 40.4 Å². The lowest BCUT2D eigenvalue weighted by atomic mass is 10.1. The van der Waals surface area contributed by atoms with Crippen LogP contribution in [0.1, 0.15) is 44.0 Å². The number of nitrogens with zero attached hydrogens (tertiary/aromatic N) is 1. The van der Waals surface area contributed by atoms with E-state index in [1.54, 1.807) is 0 Å². The lowest BCUT2D eigenvalue weighted by Gasteiger charge is -2.11. The topological polar surface area (TPSA) is 54.3 Å². The second-order valence-electron chi connectivity index (χ2n) is 7.10. The van der Waals surface area contributed by atoms with Crippen molar-refractivity contribution >= 4 is 21.9 Å². The molecule has 0 saturated heterocycles. The predicted molar refractivity (Wildman–Crippen MR) is 116 cm³/mol. The van der Waals surface area contributed by atoms with Crippen LogP contribution < -0.4 is 5.32 Å². The molecule has 3 rings (SSSR count). The molecule has 0 aliphatic rings. The fraction of sp³-hybridized carbons (Fsp3) is 0.261. The van der Waals surface area contributed by atoms with E-state index >= 15 is 0 Å². The molecule has 0 fully saturated rings. The van der Waals surface area contributed by atoms with E-state index in [4.69, 9.17) is 0 Å². The second-order valence-corrected chi connectivity index (χ2v) is 7.95. The van der Waals surface area contributed by atoms with Gasteiger partial charge in [-0.05, 0) is 38.0 Å². The molecule has 0 spiro atoms. The van der Waals surface area contributed by atoms with Gasteiger partial charge in [0.2, 0.25) is 0 Å². The first kappa shape index (κ1) is 20.4. The van der Waals surface area contributed by atoms with Gasteiger partial charge in [0.1, 0.15) is 0 Å². The number of halogens is 1. The van der Waals surface area contributed by atoms with E-state index in [1.165, 1.54) is 5.56 Å². The number of aromatic nitrogens is 1. The fourth-order valence-corrected chi connectivity index (χ4v) is 3.95. The van der Waals surface area contributed by atoms with Gasteiger partial charge in [-0.25, -0.2) is 4.79 Å². The van der Waals surface area contributed by atoms with E-state index in [0.717, 1.165) is 32.6 Å². The zero-order chi connectivity index (χ0) is 20.3. The maximum atomic E-state index is 11.9. The van der Waals surface area contributed by atoms with Gasteiger partial charge in [0, 0.05) is 41.1 Å². The molecule has 4 nitrogen and oxygen atoms in total. The van der Waals surface area contributed by atoms with Crippen molar-refractivity contribution in [1.82, 2.24) is 9.88 Å². The van der Waals surface area contributed by atoms with E-state index in [-0.39, 0.29) is 0 Å². The molecule has 28 heavy (non-hydrogen) atoms. The Bertz CT molecular complexity index is 991. The number of carboxylic acid groups (broad SMARTS) is 1. The highest BCUT2D eigenvalue weighted by molar-refractivity contribution is 9.10. The van der Waals surface area contributed by atoms with Gasteiger partial charge < -0.3 is 15.0 Å². The standard InChI is InChI=1S/C23H25BrN2O2/c1-15-8-10-18(11-9-15)14-26-16(2)20(22(17(26)3)23(27)28)13-25-12-19-6-4-5-7-21(19)24/h4-11,25H,12-14H2,1-3H3,(H,27,28). The summed E-state index contributed by atoms with van der Waals surface area (Å²) in [5.74, 6) is -0.874. The second kappa shape index (κ2) is 8.76. The molecule has 0 bridgehead atoms. The van der Waals surface area contributed by atoms with E-state index in [2.05, 4.69) is 63.1 Å². The third-order valence-electron chi connectivity index (χ3n) is 5.16. The summed E-state index contributed by atoms with van der Waals surface area (Å²) >= 11 is 3.55. The zero-order valence-electron chi connectivity index (χ0n) is 16.4. The highest BCUT2D eigenvalue weighted by Crippen LogP contribution is 2.24. The Morgan fingerprint density at radius 3 is 2.32 bits per heavy atom. The first-order valence-electron chi connectivity index (χ1n) is 9.30. The number of carbonyl (C=O) groups is 1. The van der Waals surface area contributed by atoms with Crippen LogP contribution in [-0.4, -0.2) is 15.6 Å². The van der Waals surface area contributed by atoms with Crippen molar-refractivity contribution in [2.75, 3.05) is 0 Å². The number of nitrogens with one attached hydrogen (secondary N) is 1. The number of hydrogen-bond donors (Lipinski definition) is 2. The van der Waals surface area contributed by atoms with Gasteiger partial charge in [0.05, 0.1) is 5.56 Å². The van der Waals surface area contributed by atoms with Crippen molar-refractivity contribution in [3.05, 3.63) is 92.2 Å². The largest absolute Gasteiger partial charge is 0.478 e. The minimum atomic E-state index is -0.874. The van der Waals surface area contributed by atoms with Crippen LogP contribution in [0.5, 0.6) is 0 Å². The molecule has 0 atom stereocenters. The Morgan fingerprint density at radius 2 is 1.68 bits per heavy atom. The van der Waals surface area contributed by atoms with Crippen LogP contribution in [0.2, 0.25) is 0 Å². The van der Waals surface area contributed by atoms with Crippen molar-refractivity contribution in [1.29, 1.82) is 0 Å². The Kier molecular flexibility index (Phi) is 6.37. The molecule has 0 aliphatic carbocycles. The molecular weight excluding hydrogens is 416 g/mol. The molecule has 1 heterocycles. The molecule has 0 saturated carbocycles. The van der Waals surface area contributed by atoms with E-state index < -0.39 is 5.97 Å². The summed E-state index contributed by atoms with van der Waals surface area (Å²) in [4.78, 5) is 11.9. The van der Waals surface area contributed by atoms with Gasteiger partial charge >= 0.3 is 5.97 Å². The molecule has 0 unspecified atom stereocenters. The summed E-state index contributed by atoms with van der Waals surface area (Å²) < 4.78 is 3.15. The molecule has 0 aliphatic heterocycles. The minimum Gasteiger partial charge on any atom is -0.478 e. The average Bonchev–Trinajstić information content (AvgIpc) is 2.89. The Hall–Kier alpha value is -2.37. The first-order chi connectivity index (χ1) is 13.4. The van der Waals surface area contributed by atoms with Crippen LogP contribution in [0.3, 0.4) is 0 Å². The van der Waals surface area contributed by atoms with Crippen LogP contribution in [0, 0.1) is 20.8 Å². The lowest BCUT2D eigenvalue weighted by molar-refractivity contribution is 0.0694. The van der Waals surface area contributed by atoms with Crippen molar-refractivity contribution in [3.8, 4) is 0 Å². The quantitative estimate of drug-likeness (QED) is 0.529. The number of rotatable bonds is 7. The van der Waals surface area contributed by atoms with Crippen LogP contribution >= 0.6 is 15.9 Å². The molecule has 0 radical (unpaired) electrons. The van der Waals surface area contributed by atoms with E-state index in [1.807, 2.05) is 32.0 Å². The Morgan fingerprint density at radius 1 is 1.00 bits per heavy atom. The molecule has 5 heteroatoms. The van der Waals surface area contributed by atoms with E-state index in [0.29, 0.717) is 25.2 Å². The summed E-state index contributed by atoms with van der Waals surface area (Å²) in [7, 11) is 0. The molecule has 2 N–H and O–H groups in total. The number of hydrogen-bond acceptors (Lipinski definition) is 2. The van der Waals surface area contributed by atoms with Crippen LogP contribution in [0.4, 0.5) is 0 Å². The van der Waals surface area contributed by atoms with Crippen molar-refractivity contribution in [3.63, 3.8) is 0 Å². The molecule has 2 aromatic carbocycles. The molecular formula is C23H25BrN2O2. The minimum absolute atomic E-state index is 0.407. The summed E-state index contributed by atoms with van der Waals surface area (Å²) in [5, 5.41) is 13.2. The van der Waals surface area contributed by atoms with Crippen LogP contribution in [0.15, 0.2) is 53.0 Å². The summed E-state index contributed by atoms with van der Waals surface area (Å²) in [5.41, 5.74) is 6.57. The monoisotopic (exact) mass is 440 g/mol. The van der Waals surface area contributed by atoms with Crippen LogP contribution in [0.25, 0.3) is 0 Å². The molecule has 3 aromatic rings. The number of carboxylic acids is 1. The van der Waals surface area contributed by atoms with Gasteiger partial charge in [-0.1, -0.05) is 64.0 Å². The van der Waals surface area contributed by atoms with Gasteiger partial charge in [-0.3, -0.25) is 0 Å². The fourth-order valence-electron chi connectivity index (χ4n) is 3.53. The predicted octanol–water partition coefficient (Wildman–Crippen LogP) is 5.21. The van der Waals surface area contributed by atoms with Gasteiger partial charge in [0.15, 0.2) is 0 Å². The SMILES string of the molecule is Cc1ccc(Cn2c(C)c(CNCc3ccccc3Br)c(C(=O)O)c2C)cc1. The maximum absolute atomic E-state index is 11.9. The number of benzene rings is 2. The highest BCUT2D eigenvalue weighted by atomic mass is 79.9. The van der Waals surface area contributed by atoms with Crippen molar-refractivity contribution < 1.29 is 9.90 Å². The normalized spacial score (nSPS) is 11.0. The molecule has 146 valence electrons. The van der Waals surface area contributed by atoms with Gasteiger partial charge in [-0.15, -0.1) is 0 Å². The third-order valence-corrected chi connectivity index (χ3v) is 5.93. The van der Waals surface area contributed by atoms with Gasteiger partial charge in [-0.2, -0.15) is 0 Å². The smallest absolute Gasteiger partial charge is 0.337 e. The summed E-state index contributed by atoms with van der Waals surface area (Å²) in [6.45, 7) is 7.81. The highest BCUT2D eigenvalue weighted by Gasteiger charge is 2.22. The average molecular weight is 441 g/mol. The molecule has 1 aromatic heterocycles. The van der Waals surface area contributed by atoms with Crippen molar-refractivity contribution in [2.24, 2.45) is 0 Å². The number of aryl methyl sites for hydroxylation is 1. The Balaban J connectivity index is 1.84. The molecule has 0 amide bonds. The zero-order valence-corrected chi connectivity index (χ0v) is 18.0. The third kappa shape index (κ3) is 4.37. The van der Waals surface area contributed by atoms with Gasteiger partial charge in [0.25, 0.3) is 0 Å². The van der Waals surface area contributed by atoms with E-state index in [9.17, 15) is 9.90 Å². The maximum Gasteiger partial charge on any atom is 0.337 e. The lowest BCUT2D eigenvalue weighted by Crippen LogP contribution is -2.16. The Labute approximate surface area is 174 Å². The summed E-state index contributed by atoms with van der Waals surface area (Å²) in [6.07, 6.45) is 0. The first-order valence-corrected chi connectivity index (χ1v) is 10.1.